The van der Waals surface area contributed by atoms with Crippen molar-refractivity contribution in [1.82, 2.24) is 0 Å². The molecule has 5 heteroatoms. The molecule has 0 amide bonds. The van der Waals surface area contributed by atoms with Crippen LogP contribution in [0.5, 0.6) is 11.5 Å². The molecular formula is C10H13ClO4. The van der Waals surface area contributed by atoms with Crippen LogP contribution in [-0.2, 0) is 0 Å². The van der Waals surface area contributed by atoms with E-state index in [1.165, 1.54) is 14.2 Å². The van der Waals surface area contributed by atoms with Crippen LogP contribution in [0.2, 0.25) is 5.02 Å². The number of aliphatic hydroxyl groups is 1. The van der Waals surface area contributed by atoms with Crippen LogP contribution in [0.4, 0.5) is 0 Å². The summed E-state index contributed by atoms with van der Waals surface area (Å²) in [6.45, 7) is 0. The van der Waals surface area contributed by atoms with Crippen molar-refractivity contribution in [1.29, 1.82) is 0 Å². The molecule has 0 bridgehead atoms. The number of carbonyl (C=O) groups excluding carboxylic acids is 1. The van der Waals surface area contributed by atoms with Gasteiger partial charge in [0.25, 0.3) is 0 Å². The Bertz CT molecular complexity index is 325. The first kappa shape index (κ1) is 13.7. The van der Waals surface area contributed by atoms with Gasteiger partial charge in [-0.15, -0.1) is 0 Å². The lowest BCUT2D eigenvalue weighted by Gasteiger charge is -2.09. The second-order valence-electron chi connectivity index (χ2n) is 2.32. The predicted molar refractivity (Wildman–Crippen MR) is 58.1 cm³/mol. The number of benzene rings is 1. The van der Waals surface area contributed by atoms with E-state index in [0.717, 1.165) is 7.11 Å². The number of aldehydes is 1. The van der Waals surface area contributed by atoms with Crippen LogP contribution in [0.25, 0.3) is 0 Å². The molecule has 0 saturated heterocycles. The molecule has 1 aromatic rings. The van der Waals surface area contributed by atoms with Crippen molar-refractivity contribution in [3.63, 3.8) is 0 Å². The third-order valence-electron chi connectivity index (χ3n) is 1.64. The zero-order valence-corrected chi connectivity index (χ0v) is 9.54. The highest BCUT2D eigenvalue weighted by molar-refractivity contribution is 6.34. The van der Waals surface area contributed by atoms with Crippen molar-refractivity contribution in [2.24, 2.45) is 0 Å². The second-order valence-corrected chi connectivity index (χ2v) is 2.70. The van der Waals surface area contributed by atoms with E-state index in [1.807, 2.05) is 0 Å². The summed E-state index contributed by atoms with van der Waals surface area (Å²) in [4.78, 5) is 10.5. The maximum atomic E-state index is 10.5. The predicted octanol–water partition coefficient (Wildman–Crippen LogP) is 1.78. The van der Waals surface area contributed by atoms with Crippen molar-refractivity contribution in [2.45, 2.75) is 0 Å². The van der Waals surface area contributed by atoms with Gasteiger partial charge in [-0.1, -0.05) is 11.6 Å². The molecule has 4 nitrogen and oxygen atoms in total. The first-order valence-corrected chi connectivity index (χ1v) is 4.42. The van der Waals surface area contributed by atoms with Gasteiger partial charge in [0, 0.05) is 12.7 Å². The summed E-state index contributed by atoms with van der Waals surface area (Å²) in [5.74, 6) is 0.895. The van der Waals surface area contributed by atoms with Gasteiger partial charge in [0.05, 0.1) is 19.2 Å². The van der Waals surface area contributed by atoms with Gasteiger partial charge < -0.3 is 14.6 Å². The Morgan fingerprint density at radius 2 is 1.87 bits per heavy atom. The minimum atomic E-state index is 0.275. The summed E-state index contributed by atoms with van der Waals surface area (Å²) >= 11 is 5.86. The van der Waals surface area contributed by atoms with Gasteiger partial charge >= 0.3 is 0 Å². The normalized spacial score (nSPS) is 8.60. The number of rotatable bonds is 3. The Labute approximate surface area is 93.4 Å². The van der Waals surface area contributed by atoms with Crippen LogP contribution in [0, 0.1) is 0 Å². The van der Waals surface area contributed by atoms with E-state index in [1.54, 1.807) is 12.1 Å². The van der Waals surface area contributed by atoms with Gasteiger partial charge in [0.1, 0.15) is 0 Å². The number of carbonyl (C=O) groups is 1. The summed E-state index contributed by atoms with van der Waals surface area (Å²) < 4.78 is 9.98. The van der Waals surface area contributed by atoms with Gasteiger partial charge in [-0.05, 0) is 12.1 Å². The Hall–Kier alpha value is -1.26. The molecule has 1 aromatic carbocycles. The van der Waals surface area contributed by atoms with Crippen LogP contribution >= 0.6 is 11.6 Å². The van der Waals surface area contributed by atoms with E-state index in [2.05, 4.69) is 0 Å². The SMILES string of the molecule is CO.COc1ccc(C=O)c(Cl)c1OC. The molecule has 1 rings (SSSR count). The van der Waals surface area contributed by atoms with Crippen LogP contribution in [0.15, 0.2) is 12.1 Å². The summed E-state index contributed by atoms with van der Waals surface area (Å²) in [6, 6.07) is 3.21. The summed E-state index contributed by atoms with van der Waals surface area (Å²) in [5.41, 5.74) is 0.388. The molecule has 0 spiro atoms. The zero-order valence-electron chi connectivity index (χ0n) is 8.78. The molecule has 1 N–H and O–H groups in total. The zero-order chi connectivity index (χ0) is 11.8. The number of aliphatic hydroxyl groups excluding tert-OH is 1. The van der Waals surface area contributed by atoms with Crippen molar-refractivity contribution in [2.75, 3.05) is 21.3 Å². The van der Waals surface area contributed by atoms with E-state index in [9.17, 15) is 4.79 Å². The van der Waals surface area contributed by atoms with Crippen LogP contribution < -0.4 is 9.47 Å². The van der Waals surface area contributed by atoms with Gasteiger partial charge in [-0.2, -0.15) is 0 Å². The largest absolute Gasteiger partial charge is 0.493 e. The maximum Gasteiger partial charge on any atom is 0.180 e. The molecule has 15 heavy (non-hydrogen) atoms. The van der Waals surface area contributed by atoms with E-state index in [0.29, 0.717) is 23.3 Å². The summed E-state index contributed by atoms with van der Waals surface area (Å²) in [5, 5.41) is 7.27. The highest BCUT2D eigenvalue weighted by atomic mass is 35.5. The Morgan fingerprint density at radius 3 is 2.27 bits per heavy atom. The monoisotopic (exact) mass is 232 g/mol. The minimum absolute atomic E-state index is 0.275. The highest BCUT2D eigenvalue weighted by Crippen LogP contribution is 2.36. The molecule has 0 radical (unpaired) electrons. The average Bonchev–Trinajstić information content (AvgIpc) is 2.31. The fourth-order valence-electron chi connectivity index (χ4n) is 0.996. The molecule has 0 aliphatic carbocycles. The molecular weight excluding hydrogens is 220 g/mol. The molecule has 84 valence electrons. The average molecular weight is 233 g/mol. The highest BCUT2D eigenvalue weighted by Gasteiger charge is 2.11. The molecule has 0 aromatic heterocycles. The third-order valence-corrected chi connectivity index (χ3v) is 2.03. The fourth-order valence-corrected chi connectivity index (χ4v) is 1.27. The third kappa shape index (κ3) is 3.11. The van der Waals surface area contributed by atoms with Gasteiger partial charge in [-0.3, -0.25) is 4.79 Å². The van der Waals surface area contributed by atoms with Crippen LogP contribution in [0.3, 0.4) is 0 Å². The topological polar surface area (TPSA) is 55.8 Å². The lowest BCUT2D eigenvalue weighted by Crippen LogP contribution is -1.93. The Kier molecular flexibility index (Phi) is 6.49. The first-order valence-electron chi connectivity index (χ1n) is 4.05. The van der Waals surface area contributed by atoms with Crippen LogP contribution in [-0.4, -0.2) is 32.7 Å². The lowest BCUT2D eigenvalue weighted by atomic mass is 10.2. The molecule has 0 fully saturated rings. The Morgan fingerprint density at radius 1 is 1.27 bits per heavy atom. The van der Waals surface area contributed by atoms with E-state index >= 15 is 0 Å². The maximum absolute atomic E-state index is 10.5. The number of ether oxygens (including phenoxy) is 2. The van der Waals surface area contributed by atoms with Crippen molar-refractivity contribution in [3.05, 3.63) is 22.7 Å². The van der Waals surface area contributed by atoms with Crippen LogP contribution in [0.1, 0.15) is 10.4 Å². The Balaban J connectivity index is 0.000000921. The summed E-state index contributed by atoms with van der Waals surface area (Å²) in [7, 11) is 3.98. The number of hydrogen-bond acceptors (Lipinski definition) is 4. The molecule has 0 saturated carbocycles. The standard InChI is InChI=1S/C9H9ClO3.CH4O/c1-12-7-4-3-6(5-11)8(10)9(7)13-2;1-2/h3-5H,1-2H3;2H,1H3. The smallest absolute Gasteiger partial charge is 0.180 e. The number of hydrogen-bond donors (Lipinski definition) is 1. The molecule has 0 aliphatic heterocycles. The van der Waals surface area contributed by atoms with E-state index < -0.39 is 0 Å². The van der Waals surface area contributed by atoms with E-state index in [4.69, 9.17) is 26.2 Å². The lowest BCUT2D eigenvalue weighted by molar-refractivity contribution is 0.112. The molecule has 0 unspecified atom stereocenters. The van der Waals surface area contributed by atoms with Gasteiger partial charge in [0.2, 0.25) is 0 Å². The van der Waals surface area contributed by atoms with Crippen molar-refractivity contribution < 1.29 is 19.4 Å². The number of methoxy groups -OCH3 is 2. The quantitative estimate of drug-likeness (QED) is 0.808. The minimum Gasteiger partial charge on any atom is -0.493 e. The number of halogens is 1. The van der Waals surface area contributed by atoms with Crippen molar-refractivity contribution in [3.8, 4) is 11.5 Å². The molecule has 0 heterocycles. The first-order chi connectivity index (χ1) is 7.24. The van der Waals surface area contributed by atoms with Gasteiger partial charge in [-0.25, -0.2) is 0 Å². The fraction of sp³-hybridized carbons (Fsp3) is 0.300. The van der Waals surface area contributed by atoms with Gasteiger partial charge in [0.15, 0.2) is 17.8 Å². The second kappa shape index (κ2) is 7.09. The molecule has 0 atom stereocenters. The van der Waals surface area contributed by atoms with E-state index in [-0.39, 0.29) is 5.02 Å². The molecule has 0 aliphatic rings. The van der Waals surface area contributed by atoms with Crippen molar-refractivity contribution >= 4 is 17.9 Å². The summed E-state index contributed by atoms with van der Waals surface area (Å²) in [6.07, 6.45) is 0.671.